The van der Waals surface area contributed by atoms with Crippen LogP contribution in [-0.4, -0.2) is 27.9 Å². The third-order valence-electron chi connectivity index (χ3n) is 3.67. The summed E-state index contributed by atoms with van der Waals surface area (Å²) in [6.45, 7) is 2.86. The van der Waals surface area contributed by atoms with Gasteiger partial charge in [0.15, 0.2) is 4.34 Å². The fourth-order valence-electron chi connectivity index (χ4n) is 2.23. The van der Waals surface area contributed by atoms with E-state index in [9.17, 15) is 9.18 Å². The van der Waals surface area contributed by atoms with Crippen LogP contribution in [0.4, 0.5) is 9.52 Å². The van der Waals surface area contributed by atoms with E-state index in [1.54, 1.807) is 18.4 Å². The molecule has 9 heteroatoms. The van der Waals surface area contributed by atoms with Crippen molar-refractivity contribution < 1.29 is 13.6 Å². The molecule has 0 saturated heterocycles. The second-order valence-electron chi connectivity index (χ2n) is 5.73. The Balaban J connectivity index is 1.40. The molecular weight excluding hydrogens is 387 g/mol. The number of hydrogen-bond acceptors (Lipinski definition) is 7. The third-order valence-corrected chi connectivity index (χ3v) is 5.74. The summed E-state index contributed by atoms with van der Waals surface area (Å²) >= 11 is 2.76. The molecule has 27 heavy (non-hydrogen) atoms. The van der Waals surface area contributed by atoms with Gasteiger partial charge in [-0.1, -0.05) is 35.2 Å². The van der Waals surface area contributed by atoms with Gasteiger partial charge in [0.05, 0.1) is 18.1 Å². The number of carbonyl (C=O) groups excluding carboxylic acids is 1. The summed E-state index contributed by atoms with van der Waals surface area (Å²) in [6.07, 6.45) is 2.28. The van der Waals surface area contributed by atoms with Gasteiger partial charge in [0.25, 0.3) is 0 Å². The maximum Gasteiger partial charge on any atom is 0.233 e. The van der Waals surface area contributed by atoms with Crippen molar-refractivity contribution in [2.24, 2.45) is 0 Å². The monoisotopic (exact) mass is 406 g/mol. The number of benzene rings is 1. The van der Waals surface area contributed by atoms with Gasteiger partial charge in [-0.3, -0.25) is 4.79 Å². The molecule has 3 aromatic rings. The number of anilines is 1. The van der Waals surface area contributed by atoms with Crippen LogP contribution in [0, 0.1) is 5.82 Å². The Kier molecular flexibility index (Phi) is 6.83. The fourth-order valence-corrected chi connectivity index (χ4v) is 4.15. The van der Waals surface area contributed by atoms with Gasteiger partial charge in [-0.15, -0.1) is 10.2 Å². The van der Waals surface area contributed by atoms with E-state index in [1.165, 1.54) is 35.2 Å². The summed E-state index contributed by atoms with van der Waals surface area (Å²) in [7, 11) is 0. The topological polar surface area (TPSA) is 80.1 Å². The predicted molar refractivity (Wildman–Crippen MR) is 104 cm³/mol. The molecule has 1 aromatic carbocycles. The van der Waals surface area contributed by atoms with Gasteiger partial charge in [0.2, 0.25) is 11.0 Å². The highest BCUT2D eigenvalue weighted by atomic mass is 32.2. The molecule has 2 N–H and O–H groups in total. The molecule has 2 aromatic heterocycles. The predicted octanol–water partition coefficient (Wildman–Crippen LogP) is 3.72. The number of amides is 1. The molecule has 142 valence electrons. The van der Waals surface area contributed by atoms with Gasteiger partial charge in [-0.2, -0.15) is 0 Å². The Morgan fingerprint density at radius 2 is 2.11 bits per heavy atom. The molecule has 1 atom stereocenters. The highest BCUT2D eigenvalue weighted by Gasteiger charge is 2.17. The number of halogens is 1. The normalized spacial score (nSPS) is 11.9. The first-order valence-electron chi connectivity index (χ1n) is 8.39. The minimum Gasteiger partial charge on any atom is -0.467 e. The molecule has 0 unspecified atom stereocenters. The Bertz CT molecular complexity index is 853. The Hall–Kier alpha value is -2.39. The first-order chi connectivity index (χ1) is 13.1. The average molecular weight is 407 g/mol. The van der Waals surface area contributed by atoms with Crippen molar-refractivity contribution in [1.29, 1.82) is 0 Å². The van der Waals surface area contributed by atoms with Crippen molar-refractivity contribution in [2.75, 3.05) is 11.9 Å². The lowest BCUT2D eigenvalue weighted by molar-refractivity contribution is -0.120. The molecule has 0 fully saturated rings. The molecular formula is C18H19FN4O2S2. The number of rotatable bonds is 9. The van der Waals surface area contributed by atoms with Crippen LogP contribution >= 0.6 is 23.1 Å². The van der Waals surface area contributed by atoms with Crippen LogP contribution in [-0.2, 0) is 17.8 Å². The van der Waals surface area contributed by atoms with Gasteiger partial charge < -0.3 is 15.1 Å². The fraction of sp³-hybridized carbons (Fsp3) is 0.278. The second kappa shape index (κ2) is 9.52. The van der Waals surface area contributed by atoms with E-state index >= 15 is 0 Å². The van der Waals surface area contributed by atoms with Crippen LogP contribution in [0.15, 0.2) is 51.4 Å². The molecule has 0 spiro atoms. The van der Waals surface area contributed by atoms with Gasteiger partial charge in [0, 0.05) is 6.54 Å². The Morgan fingerprint density at radius 1 is 1.30 bits per heavy atom. The number of nitrogens with one attached hydrogen (secondary N) is 2. The molecule has 2 heterocycles. The summed E-state index contributed by atoms with van der Waals surface area (Å²) < 4.78 is 18.9. The summed E-state index contributed by atoms with van der Waals surface area (Å²) in [5.74, 6) is 0.485. The largest absolute Gasteiger partial charge is 0.467 e. The molecule has 0 saturated carbocycles. The zero-order valence-electron chi connectivity index (χ0n) is 14.6. The van der Waals surface area contributed by atoms with E-state index in [1.807, 2.05) is 19.1 Å². The van der Waals surface area contributed by atoms with E-state index < -0.39 is 0 Å². The molecule has 0 aliphatic carbocycles. The zero-order chi connectivity index (χ0) is 19.1. The standard InChI is InChI=1S/C18H19FN4O2S2/c1-12(16(24)20-9-8-13-4-6-14(19)7-5-13)26-18-23-22-17(27-18)21-11-15-3-2-10-25-15/h2-7,10,12H,8-9,11H2,1H3,(H,20,24)(H,21,22)/t12-/m0/s1. The van der Waals surface area contributed by atoms with Crippen molar-refractivity contribution in [3.63, 3.8) is 0 Å². The van der Waals surface area contributed by atoms with Gasteiger partial charge in [-0.25, -0.2) is 4.39 Å². The number of furan rings is 1. The third kappa shape index (κ3) is 6.07. The number of hydrogen-bond donors (Lipinski definition) is 2. The van der Waals surface area contributed by atoms with Crippen molar-refractivity contribution in [1.82, 2.24) is 15.5 Å². The highest BCUT2D eigenvalue weighted by molar-refractivity contribution is 8.02. The first-order valence-corrected chi connectivity index (χ1v) is 10.1. The minimum atomic E-state index is -0.288. The van der Waals surface area contributed by atoms with Crippen LogP contribution in [0.1, 0.15) is 18.2 Å². The van der Waals surface area contributed by atoms with Crippen molar-refractivity contribution in [3.05, 3.63) is 59.8 Å². The van der Waals surface area contributed by atoms with Crippen LogP contribution in [0.5, 0.6) is 0 Å². The van der Waals surface area contributed by atoms with Crippen molar-refractivity contribution in [3.8, 4) is 0 Å². The van der Waals surface area contributed by atoms with E-state index in [-0.39, 0.29) is 17.0 Å². The molecule has 0 aliphatic rings. The van der Waals surface area contributed by atoms with E-state index in [0.717, 1.165) is 15.7 Å². The van der Waals surface area contributed by atoms with E-state index in [0.29, 0.717) is 24.6 Å². The molecule has 0 aliphatic heterocycles. The first kappa shape index (κ1) is 19.4. The lowest BCUT2D eigenvalue weighted by atomic mass is 10.1. The van der Waals surface area contributed by atoms with Crippen molar-refractivity contribution in [2.45, 2.75) is 29.5 Å². The summed E-state index contributed by atoms with van der Waals surface area (Å²) in [5, 5.41) is 14.6. The maximum absolute atomic E-state index is 12.9. The van der Waals surface area contributed by atoms with E-state index in [2.05, 4.69) is 20.8 Å². The van der Waals surface area contributed by atoms with Gasteiger partial charge in [0.1, 0.15) is 11.6 Å². The smallest absolute Gasteiger partial charge is 0.233 e. The molecule has 0 bridgehead atoms. The van der Waals surface area contributed by atoms with Gasteiger partial charge >= 0.3 is 0 Å². The lowest BCUT2D eigenvalue weighted by Gasteiger charge is -2.10. The molecule has 1 amide bonds. The second-order valence-corrected chi connectivity index (χ2v) is 8.30. The zero-order valence-corrected chi connectivity index (χ0v) is 16.3. The number of carbonyl (C=O) groups is 1. The van der Waals surface area contributed by atoms with E-state index in [4.69, 9.17) is 4.42 Å². The number of aromatic nitrogens is 2. The molecule has 3 rings (SSSR count). The molecule has 6 nitrogen and oxygen atoms in total. The van der Waals surface area contributed by atoms with Crippen LogP contribution in [0.3, 0.4) is 0 Å². The average Bonchev–Trinajstić information content (AvgIpc) is 3.33. The van der Waals surface area contributed by atoms with Gasteiger partial charge in [-0.05, 0) is 43.2 Å². The SMILES string of the molecule is C[C@H](Sc1nnc(NCc2ccco2)s1)C(=O)NCCc1ccc(F)cc1. The highest BCUT2D eigenvalue weighted by Crippen LogP contribution is 2.29. The minimum absolute atomic E-state index is 0.0672. The maximum atomic E-state index is 12.9. The molecule has 0 radical (unpaired) electrons. The number of nitrogens with zero attached hydrogens (tertiary/aromatic N) is 2. The summed E-state index contributed by atoms with van der Waals surface area (Å²) in [5.41, 5.74) is 0.980. The Morgan fingerprint density at radius 3 is 2.85 bits per heavy atom. The Labute approximate surface area is 164 Å². The summed E-state index contributed by atoms with van der Waals surface area (Å²) in [6, 6.07) is 9.98. The van der Waals surface area contributed by atoms with Crippen LogP contribution in [0.25, 0.3) is 0 Å². The van der Waals surface area contributed by atoms with Crippen molar-refractivity contribution >= 4 is 34.1 Å². The number of thioether (sulfide) groups is 1. The quantitative estimate of drug-likeness (QED) is 0.527. The lowest BCUT2D eigenvalue weighted by Crippen LogP contribution is -2.32. The van der Waals surface area contributed by atoms with Crippen LogP contribution < -0.4 is 10.6 Å². The summed E-state index contributed by atoms with van der Waals surface area (Å²) in [4.78, 5) is 12.2. The van der Waals surface area contributed by atoms with Crippen LogP contribution in [0.2, 0.25) is 0 Å².